The molecule has 0 unspecified atom stereocenters. The fourth-order valence-electron chi connectivity index (χ4n) is 2.12. The molecule has 24 heavy (non-hydrogen) atoms. The van der Waals surface area contributed by atoms with Gasteiger partial charge in [0.25, 0.3) is 0 Å². The van der Waals surface area contributed by atoms with E-state index in [0.717, 1.165) is 5.56 Å². The summed E-state index contributed by atoms with van der Waals surface area (Å²) in [6.07, 6.45) is 2.84. The van der Waals surface area contributed by atoms with Gasteiger partial charge in [0.05, 0.1) is 24.9 Å². The lowest BCUT2D eigenvalue weighted by atomic mass is 10.1. The Balaban J connectivity index is 2.17. The van der Waals surface area contributed by atoms with Crippen molar-refractivity contribution in [2.24, 2.45) is 0 Å². The number of halogens is 2. The second-order valence-electron chi connectivity index (χ2n) is 5.04. The maximum Gasteiger partial charge on any atom is 0.248 e. The number of rotatable bonds is 5. The van der Waals surface area contributed by atoms with Crippen LogP contribution in [0.5, 0.6) is 11.5 Å². The minimum Gasteiger partial charge on any atom is -0.493 e. The molecular formula is C18H17ClFNO3. The molecule has 0 saturated heterocycles. The quantitative estimate of drug-likeness (QED) is 0.811. The number of hydrogen-bond donors (Lipinski definition) is 1. The minimum absolute atomic E-state index is 0.134. The normalized spacial score (nSPS) is 10.7. The number of benzene rings is 2. The van der Waals surface area contributed by atoms with Gasteiger partial charge in [-0.1, -0.05) is 17.7 Å². The molecule has 4 nitrogen and oxygen atoms in total. The monoisotopic (exact) mass is 349 g/mol. The van der Waals surface area contributed by atoms with Gasteiger partial charge in [0, 0.05) is 6.08 Å². The molecule has 0 aliphatic heterocycles. The number of carbonyl (C=O) groups is 1. The van der Waals surface area contributed by atoms with E-state index in [4.69, 9.17) is 21.1 Å². The van der Waals surface area contributed by atoms with Crippen LogP contribution in [0.4, 0.5) is 10.1 Å². The van der Waals surface area contributed by atoms with Gasteiger partial charge in [-0.05, 0) is 48.4 Å². The van der Waals surface area contributed by atoms with E-state index in [1.807, 2.05) is 6.92 Å². The van der Waals surface area contributed by atoms with E-state index in [1.54, 1.807) is 30.3 Å². The van der Waals surface area contributed by atoms with E-state index >= 15 is 0 Å². The van der Waals surface area contributed by atoms with Gasteiger partial charge in [-0.2, -0.15) is 0 Å². The number of anilines is 1. The standard InChI is InChI=1S/C18H17ClFNO3/c1-11-4-6-14(20)15(8-11)21-17(22)7-5-12-9-13(19)18(24-3)16(10-12)23-2/h4-10H,1-3H3,(H,21,22)/b7-5+. The van der Waals surface area contributed by atoms with Crippen LogP contribution in [0.2, 0.25) is 5.02 Å². The third kappa shape index (κ3) is 4.26. The lowest BCUT2D eigenvalue weighted by molar-refractivity contribution is -0.111. The fourth-order valence-corrected chi connectivity index (χ4v) is 2.41. The summed E-state index contributed by atoms with van der Waals surface area (Å²) in [5, 5.41) is 2.86. The number of aryl methyl sites for hydroxylation is 1. The third-order valence-corrected chi connectivity index (χ3v) is 3.54. The zero-order valence-corrected chi connectivity index (χ0v) is 14.3. The maximum absolute atomic E-state index is 13.6. The predicted octanol–water partition coefficient (Wildman–Crippen LogP) is 4.46. The molecule has 0 spiro atoms. The SMILES string of the molecule is COc1cc(/C=C/C(=O)Nc2cc(C)ccc2F)cc(Cl)c1OC. The van der Waals surface area contributed by atoms with Crippen LogP contribution in [0.1, 0.15) is 11.1 Å². The zero-order chi connectivity index (χ0) is 17.7. The van der Waals surface area contributed by atoms with Crippen molar-refractivity contribution in [3.8, 4) is 11.5 Å². The van der Waals surface area contributed by atoms with E-state index < -0.39 is 11.7 Å². The van der Waals surface area contributed by atoms with Gasteiger partial charge in [0.15, 0.2) is 11.5 Å². The van der Waals surface area contributed by atoms with Gasteiger partial charge >= 0.3 is 0 Å². The van der Waals surface area contributed by atoms with Gasteiger partial charge in [0.2, 0.25) is 5.91 Å². The molecule has 1 amide bonds. The molecule has 0 atom stereocenters. The summed E-state index contributed by atoms with van der Waals surface area (Å²) in [7, 11) is 2.98. The van der Waals surface area contributed by atoms with Gasteiger partial charge in [-0.15, -0.1) is 0 Å². The van der Waals surface area contributed by atoms with E-state index in [-0.39, 0.29) is 5.69 Å². The van der Waals surface area contributed by atoms with Crippen LogP contribution in [-0.4, -0.2) is 20.1 Å². The van der Waals surface area contributed by atoms with Gasteiger partial charge in [0.1, 0.15) is 5.82 Å². The number of carbonyl (C=O) groups excluding carboxylic acids is 1. The fraction of sp³-hybridized carbons (Fsp3) is 0.167. The summed E-state index contributed by atoms with van der Waals surface area (Å²) in [4.78, 5) is 12.0. The highest BCUT2D eigenvalue weighted by molar-refractivity contribution is 6.32. The molecule has 0 radical (unpaired) electrons. The van der Waals surface area contributed by atoms with E-state index in [1.165, 1.54) is 26.4 Å². The highest BCUT2D eigenvalue weighted by atomic mass is 35.5. The largest absolute Gasteiger partial charge is 0.493 e. The summed E-state index contributed by atoms with van der Waals surface area (Å²) in [6.45, 7) is 1.82. The third-order valence-electron chi connectivity index (χ3n) is 3.26. The van der Waals surface area contributed by atoms with Crippen LogP contribution in [0.3, 0.4) is 0 Å². The van der Waals surface area contributed by atoms with Crippen molar-refractivity contribution in [3.63, 3.8) is 0 Å². The Morgan fingerprint density at radius 3 is 2.62 bits per heavy atom. The number of ether oxygens (including phenoxy) is 2. The second kappa shape index (κ2) is 7.84. The lowest BCUT2D eigenvalue weighted by Crippen LogP contribution is -2.09. The highest BCUT2D eigenvalue weighted by Gasteiger charge is 2.10. The Kier molecular flexibility index (Phi) is 5.82. The summed E-state index contributed by atoms with van der Waals surface area (Å²) in [5.41, 5.74) is 1.63. The summed E-state index contributed by atoms with van der Waals surface area (Å²) < 4.78 is 24.0. The van der Waals surface area contributed by atoms with Crippen molar-refractivity contribution in [1.82, 2.24) is 0 Å². The Morgan fingerprint density at radius 2 is 1.96 bits per heavy atom. The molecule has 0 aromatic heterocycles. The van der Waals surface area contributed by atoms with Crippen LogP contribution in [0.25, 0.3) is 6.08 Å². The van der Waals surface area contributed by atoms with Gasteiger partial charge in [-0.3, -0.25) is 4.79 Å². The van der Waals surface area contributed by atoms with Crippen molar-refractivity contribution in [2.45, 2.75) is 6.92 Å². The van der Waals surface area contributed by atoms with Crippen LogP contribution in [0.15, 0.2) is 36.4 Å². The van der Waals surface area contributed by atoms with Gasteiger partial charge in [-0.25, -0.2) is 4.39 Å². The molecule has 2 aromatic rings. The highest BCUT2D eigenvalue weighted by Crippen LogP contribution is 2.36. The van der Waals surface area contributed by atoms with Crippen molar-refractivity contribution in [2.75, 3.05) is 19.5 Å². The molecule has 0 fully saturated rings. The van der Waals surface area contributed by atoms with Crippen LogP contribution < -0.4 is 14.8 Å². The average Bonchev–Trinajstić information content (AvgIpc) is 2.55. The van der Waals surface area contributed by atoms with Crippen LogP contribution in [0, 0.1) is 12.7 Å². The molecule has 126 valence electrons. The molecular weight excluding hydrogens is 333 g/mol. The first-order valence-electron chi connectivity index (χ1n) is 7.11. The zero-order valence-electron chi connectivity index (χ0n) is 13.5. The van der Waals surface area contributed by atoms with Crippen LogP contribution in [-0.2, 0) is 4.79 Å². The maximum atomic E-state index is 13.6. The van der Waals surface area contributed by atoms with E-state index in [9.17, 15) is 9.18 Å². The minimum atomic E-state index is -0.489. The lowest BCUT2D eigenvalue weighted by Gasteiger charge is -2.10. The molecule has 1 N–H and O–H groups in total. The van der Waals surface area contributed by atoms with Crippen molar-refractivity contribution >= 4 is 29.3 Å². The molecule has 0 aliphatic carbocycles. The van der Waals surface area contributed by atoms with Crippen molar-refractivity contribution < 1.29 is 18.7 Å². The Bertz CT molecular complexity index is 790. The number of methoxy groups -OCH3 is 2. The number of amides is 1. The second-order valence-corrected chi connectivity index (χ2v) is 5.45. The predicted molar refractivity (Wildman–Crippen MR) is 93.4 cm³/mol. The molecule has 0 saturated carbocycles. The van der Waals surface area contributed by atoms with Gasteiger partial charge < -0.3 is 14.8 Å². The summed E-state index contributed by atoms with van der Waals surface area (Å²) in [6, 6.07) is 7.82. The number of hydrogen-bond acceptors (Lipinski definition) is 3. The van der Waals surface area contributed by atoms with E-state index in [2.05, 4.69) is 5.32 Å². The van der Waals surface area contributed by atoms with Crippen molar-refractivity contribution in [3.05, 3.63) is 58.4 Å². The van der Waals surface area contributed by atoms with Crippen molar-refractivity contribution in [1.29, 1.82) is 0 Å². The Hall–Kier alpha value is -2.53. The Morgan fingerprint density at radius 1 is 1.21 bits per heavy atom. The smallest absolute Gasteiger partial charge is 0.248 e. The summed E-state index contributed by atoms with van der Waals surface area (Å²) in [5.74, 6) is -0.0701. The Labute approximate surface area is 144 Å². The average molecular weight is 350 g/mol. The molecule has 2 rings (SSSR count). The first kappa shape index (κ1) is 17.8. The van der Waals surface area contributed by atoms with E-state index in [0.29, 0.717) is 22.1 Å². The van der Waals surface area contributed by atoms with Crippen LogP contribution >= 0.6 is 11.6 Å². The number of nitrogens with one attached hydrogen (secondary N) is 1. The molecule has 0 aliphatic rings. The first-order valence-corrected chi connectivity index (χ1v) is 7.49. The molecule has 6 heteroatoms. The molecule has 0 bridgehead atoms. The first-order chi connectivity index (χ1) is 11.4. The summed E-state index contributed by atoms with van der Waals surface area (Å²) >= 11 is 6.11. The molecule has 2 aromatic carbocycles. The topological polar surface area (TPSA) is 47.6 Å². The molecule has 0 heterocycles.